The number of thioether (sulfide) groups is 1. The van der Waals surface area contributed by atoms with Crippen molar-refractivity contribution in [1.29, 1.82) is 0 Å². The Morgan fingerprint density at radius 2 is 1.70 bits per heavy atom. The molecule has 1 amide bonds. The Hall–Kier alpha value is -1.24. The van der Waals surface area contributed by atoms with Gasteiger partial charge in [-0.2, -0.15) is 0 Å². The molecular formula is C20H35NO5S. The Bertz CT molecular complexity index is 495. The van der Waals surface area contributed by atoms with E-state index in [0.717, 1.165) is 32.1 Å². The first-order valence-corrected chi connectivity index (χ1v) is 10.9. The van der Waals surface area contributed by atoms with Gasteiger partial charge in [0.25, 0.3) is 0 Å². The molecule has 1 unspecified atom stereocenters. The molecule has 27 heavy (non-hydrogen) atoms. The van der Waals surface area contributed by atoms with E-state index in [9.17, 15) is 14.4 Å². The van der Waals surface area contributed by atoms with Gasteiger partial charge in [-0.05, 0) is 58.8 Å². The van der Waals surface area contributed by atoms with Crippen LogP contribution in [0.15, 0.2) is 0 Å². The maximum atomic E-state index is 12.1. The maximum absolute atomic E-state index is 12.1. The number of esters is 1. The van der Waals surface area contributed by atoms with Crippen molar-refractivity contribution in [2.75, 3.05) is 12.4 Å². The van der Waals surface area contributed by atoms with Crippen molar-refractivity contribution < 1.29 is 23.9 Å². The van der Waals surface area contributed by atoms with Gasteiger partial charge in [0.2, 0.25) is 0 Å². The minimum Gasteiger partial charge on any atom is -0.466 e. The van der Waals surface area contributed by atoms with E-state index in [-0.39, 0.29) is 17.1 Å². The molecular weight excluding hydrogens is 366 g/mol. The highest BCUT2D eigenvalue weighted by Crippen LogP contribution is 2.34. The second-order valence-electron chi connectivity index (χ2n) is 8.28. The maximum Gasteiger partial charge on any atom is 0.407 e. The predicted molar refractivity (Wildman–Crippen MR) is 108 cm³/mol. The van der Waals surface area contributed by atoms with Crippen LogP contribution in [0.1, 0.15) is 73.1 Å². The smallest absolute Gasteiger partial charge is 0.407 e. The lowest BCUT2D eigenvalue weighted by Gasteiger charge is -2.31. The van der Waals surface area contributed by atoms with E-state index in [2.05, 4.69) is 5.32 Å². The average molecular weight is 402 g/mol. The molecule has 0 aromatic rings. The Morgan fingerprint density at radius 3 is 2.22 bits per heavy atom. The molecule has 1 fully saturated rings. The lowest BCUT2D eigenvalue weighted by atomic mass is 9.78. The van der Waals surface area contributed by atoms with Gasteiger partial charge in [0.15, 0.2) is 5.12 Å². The number of ether oxygens (including phenoxy) is 2. The van der Waals surface area contributed by atoms with Crippen molar-refractivity contribution >= 4 is 28.9 Å². The third-order valence-electron chi connectivity index (χ3n) is 4.55. The summed E-state index contributed by atoms with van der Waals surface area (Å²) in [6.07, 6.45) is 4.95. The Balaban J connectivity index is 2.49. The topological polar surface area (TPSA) is 81.7 Å². The molecule has 0 aromatic heterocycles. The molecule has 1 rings (SSSR count). The SMILES string of the molecule is CCOC(=O)CC1CCC(CC(CSC(C)=O)NC(=O)OC(C)(C)C)CC1. The highest BCUT2D eigenvalue weighted by atomic mass is 32.2. The molecule has 7 heteroatoms. The quantitative estimate of drug-likeness (QED) is 0.610. The molecule has 0 bridgehead atoms. The van der Waals surface area contributed by atoms with Crippen LogP contribution in [0.2, 0.25) is 0 Å². The fourth-order valence-corrected chi connectivity index (χ4v) is 4.05. The molecule has 0 aliphatic heterocycles. The summed E-state index contributed by atoms with van der Waals surface area (Å²) in [5.41, 5.74) is -0.548. The number of rotatable bonds is 8. The first-order valence-electron chi connectivity index (χ1n) is 9.87. The molecule has 0 heterocycles. The van der Waals surface area contributed by atoms with Crippen molar-refractivity contribution in [1.82, 2.24) is 5.32 Å². The summed E-state index contributed by atoms with van der Waals surface area (Å²) in [4.78, 5) is 35.1. The van der Waals surface area contributed by atoms with Crippen LogP contribution in [0.3, 0.4) is 0 Å². The molecule has 0 radical (unpaired) electrons. The monoisotopic (exact) mass is 401 g/mol. The van der Waals surface area contributed by atoms with Gasteiger partial charge in [-0.15, -0.1) is 0 Å². The van der Waals surface area contributed by atoms with Gasteiger partial charge in [0.1, 0.15) is 5.60 Å². The van der Waals surface area contributed by atoms with E-state index in [1.165, 1.54) is 18.7 Å². The van der Waals surface area contributed by atoms with Crippen molar-refractivity contribution in [3.05, 3.63) is 0 Å². The summed E-state index contributed by atoms with van der Waals surface area (Å²) in [7, 11) is 0. The van der Waals surface area contributed by atoms with Crippen LogP contribution >= 0.6 is 11.8 Å². The lowest BCUT2D eigenvalue weighted by molar-refractivity contribution is -0.144. The van der Waals surface area contributed by atoms with Gasteiger partial charge in [-0.1, -0.05) is 24.6 Å². The highest BCUT2D eigenvalue weighted by molar-refractivity contribution is 8.13. The molecule has 0 aromatic carbocycles. The van der Waals surface area contributed by atoms with Crippen molar-refractivity contribution in [3.63, 3.8) is 0 Å². The molecule has 0 spiro atoms. The van der Waals surface area contributed by atoms with Crippen LogP contribution in [-0.2, 0) is 19.1 Å². The Morgan fingerprint density at radius 1 is 1.11 bits per heavy atom. The standard InChI is InChI=1S/C20H35NO5S/c1-6-25-18(23)12-16-9-7-15(8-10-16)11-17(13-27-14(2)22)21-19(24)26-20(3,4)5/h15-17H,6-13H2,1-5H3,(H,21,24). The first kappa shape index (κ1) is 23.8. The van der Waals surface area contributed by atoms with Crippen LogP contribution in [0.25, 0.3) is 0 Å². The molecule has 1 atom stereocenters. The second-order valence-corrected chi connectivity index (χ2v) is 9.47. The Kier molecular flexibility index (Phi) is 10.2. The van der Waals surface area contributed by atoms with E-state index >= 15 is 0 Å². The largest absolute Gasteiger partial charge is 0.466 e. The molecule has 1 aliphatic carbocycles. The third-order valence-corrected chi connectivity index (χ3v) is 5.53. The van der Waals surface area contributed by atoms with Crippen molar-refractivity contribution in [2.45, 2.75) is 84.8 Å². The Labute approximate surface area is 167 Å². The average Bonchev–Trinajstić information content (AvgIpc) is 2.52. The molecule has 0 saturated heterocycles. The molecule has 6 nitrogen and oxygen atoms in total. The highest BCUT2D eigenvalue weighted by Gasteiger charge is 2.27. The van der Waals surface area contributed by atoms with Crippen LogP contribution < -0.4 is 5.32 Å². The van der Waals surface area contributed by atoms with E-state index in [4.69, 9.17) is 9.47 Å². The van der Waals surface area contributed by atoms with Crippen LogP contribution in [0.4, 0.5) is 4.79 Å². The van der Waals surface area contributed by atoms with Gasteiger partial charge in [-0.25, -0.2) is 4.79 Å². The summed E-state index contributed by atoms with van der Waals surface area (Å²) in [5.74, 6) is 1.32. The molecule has 1 N–H and O–H groups in total. The van der Waals surface area contributed by atoms with Crippen molar-refractivity contribution in [3.8, 4) is 0 Å². The second kappa shape index (κ2) is 11.6. The van der Waals surface area contributed by atoms with Crippen LogP contribution in [-0.4, -0.2) is 41.2 Å². The molecule has 1 saturated carbocycles. The summed E-state index contributed by atoms with van der Waals surface area (Å²) in [6.45, 7) is 9.28. The first-order chi connectivity index (χ1) is 12.6. The minimum atomic E-state index is -0.548. The van der Waals surface area contributed by atoms with Gasteiger partial charge in [0.05, 0.1) is 6.61 Å². The fourth-order valence-electron chi connectivity index (χ4n) is 3.39. The summed E-state index contributed by atoms with van der Waals surface area (Å²) in [6, 6.07) is -0.0969. The number of carbonyl (C=O) groups is 3. The van der Waals surface area contributed by atoms with Gasteiger partial charge >= 0.3 is 12.1 Å². The number of amides is 1. The van der Waals surface area contributed by atoms with E-state index in [1.807, 2.05) is 27.7 Å². The summed E-state index contributed by atoms with van der Waals surface area (Å²) in [5, 5.41) is 2.97. The van der Waals surface area contributed by atoms with Crippen molar-refractivity contribution in [2.24, 2.45) is 11.8 Å². The molecule has 156 valence electrons. The number of nitrogens with one attached hydrogen (secondary N) is 1. The predicted octanol–water partition coefficient (Wildman–Crippen LogP) is 4.31. The normalized spacial score (nSPS) is 21.2. The number of carbonyl (C=O) groups excluding carboxylic acids is 3. The van der Waals surface area contributed by atoms with Gasteiger partial charge in [-0.3, -0.25) is 9.59 Å². The zero-order valence-corrected chi connectivity index (χ0v) is 18.2. The summed E-state index contributed by atoms with van der Waals surface area (Å²) >= 11 is 1.23. The van der Waals surface area contributed by atoms with Gasteiger partial charge in [0, 0.05) is 25.1 Å². The minimum absolute atomic E-state index is 0.0455. The number of alkyl carbamates (subject to hydrolysis) is 1. The van der Waals surface area contributed by atoms with E-state index in [0.29, 0.717) is 30.6 Å². The zero-order valence-electron chi connectivity index (χ0n) is 17.3. The third kappa shape index (κ3) is 11.3. The number of hydrogen-bond acceptors (Lipinski definition) is 6. The van der Waals surface area contributed by atoms with Gasteiger partial charge < -0.3 is 14.8 Å². The number of hydrogen-bond donors (Lipinski definition) is 1. The van der Waals surface area contributed by atoms with Crippen LogP contribution in [0.5, 0.6) is 0 Å². The summed E-state index contributed by atoms with van der Waals surface area (Å²) < 4.78 is 10.4. The fraction of sp³-hybridized carbons (Fsp3) is 0.850. The lowest BCUT2D eigenvalue weighted by Crippen LogP contribution is -2.42. The van der Waals surface area contributed by atoms with E-state index in [1.54, 1.807) is 0 Å². The van der Waals surface area contributed by atoms with E-state index < -0.39 is 11.7 Å². The zero-order chi connectivity index (χ0) is 20.4. The molecule has 1 aliphatic rings. The van der Waals surface area contributed by atoms with Crippen LogP contribution in [0, 0.1) is 11.8 Å².